The van der Waals surface area contributed by atoms with Crippen LogP contribution >= 0.6 is 0 Å². The second-order valence-electron chi connectivity index (χ2n) is 6.43. The van der Waals surface area contributed by atoms with E-state index in [4.69, 9.17) is 9.47 Å². The standard InChI is InChI=1S/C20H25NO4/c1-24-19-10-14-3-6-16(9-15(14)11-20(19)25-2)21-12-18(23)13-4-7-17(22)8-5-13/h4-5,7-8,10-11,16,18,21-23H,3,6,9,12H2,1-2H3. The third-order valence-electron chi connectivity index (χ3n) is 4.81. The third kappa shape index (κ3) is 4.06. The molecule has 1 aliphatic carbocycles. The van der Waals surface area contributed by atoms with E-state index in [-0.39, 0.29) is 5.75 Å². The van der Waals surface area contributed by atoms with Gasteiger partial charge in [-0.25, -0.2) is 0 Å². The summed E-state index contributed by atoms with van der Waals surface area (Å²) in [5, 5.41) is 23.1. The van der Waals surface area contributed by atoms with Crippen LogP contribution < -0.4 is 14.8 Å². The molecule has 0 bridgehead atoms. The van der Waals surface area contributed by atoms with Gasteiger partial charge in [-0.05, 0) is 60.2 Å². The highest BCUT2D eigenvalue weighted by atomic mass is 16.5. The van der Waals surface area contributed by atoms with Gasteiger partial charge in [0.05, 0.1) is 20.3 Å². The van der Waals surface area contributed by atoms with Gasteiger partial charge in [0, 0.05) is 12.6 Å². The molecule has 0 amide bonds. The Labute approximate surface area is 148 Å². The molecule has 0 aromatic heterocycles. The van der Waals surface area contributed by atoms with Crippen LogP contribution in [-0.2, 0) is 12.8 Å². The van der Waals surface area contributed by atoms with Crippen molar-refractivity contribution in [1.29, 1.82) is 0 Å². The van der Waals surface area contributed by atoms with Crippen LogP contribution in [-0.4, -0.2) is 37.0 Å². The number of nitrogens with one attached hydrogen (secondary N) is 1. The lowest BCUT2D eigenvalue weighted by atomic mass is 9.87. The molecule has 2 aromatic carbocycles. The fourth-order valence-corrected chi connectivity index (χ4v) is 3.35. The van der Waals surface area contributed by atoms with Crippen molar-refractivity contribution in [2.24, 2.45) is 0 Å². The Balaban J connectivity index is 1.62. The number of methoxy groups -OCH3 is 2. The molecular formula is C20H25NO4. The van der Waals surface area contributed by atoms with Gasteiger partial charge < -0.3 is 25.0 Å². The Morgan fingerprint density at radius 3 is 2.36 bits per heavy atom. The number of phenolic OH excluding ortho intramolecular Hbond substituents is 1. The summed E-state index contributed by atoms with van der Waals surface area (Å²) in [6, 6.07) is 11.1. The minimum absolute atomic E-state index is 0.206. The first-order valence-corrected chi connectivity index (χ1v) is 8.55. The van der Waals surface area contributed by atoms with Crippen molar-refractivity contribution in [3.05, 3.63) is 53.1 Å². The third-order valence-corrected chi connectivity index (χ3v) is 4.81. The van der Waals surface area contributed by atoms with E-state index in [1.165, 1.54) is 11.1 Å². The summed E-state index contributed by atoms with van der Waals surface area (Å²) >= 11 is 0. The van der Waals surface area contributed by atoms with Gasteiger partial charge in [0.2, 0.25) is 0 Å². The van der Waals surface area contributed by atoms with Crippen molar-refractivity contribution < 1.29 is 19.7 Å². The van der Waals surface area contributed by atoms with Crippen molar-refractivity contribution in [2.75, 3.05) is 20.8 Å². The highest BCUT2D eigenvalue weighted by molar-refractivity contribution is 5.48. The number of hydrogen-bond donors (Lipinski definition) is 3. The molecule has 25 heavy (non-hydrogen) atoms. The highest BCUT2D eigenvalue weighted by Crippen LogP contribution is 2.34. The van der Waals surface area contributed by atoms with Gasteiger partial charge in [0.1, 0.15) is 5.75 Å². The van der Waals surface area contributed by atoms with Crippen LogP contribution in [0.4, 0.5) is 0 Å². The Kier molecular flexibility index (Phi) is 5.46. The van der Waals surface area contributed by atoms with Gasteiger partial charge in [0.25, 0.3) is 0 Å². The molecule has 0 saturated heterocycles. The van der Waals surface area contributed by atoms with E-state index in [2.05, 4.69) is 17.4 Å². The Morgan fingerprint density at radius 1 is 1.08 bits per heavy atom. The number of fused-ring (bicyclic) bond motifs is 1. The first-order valence-electron chi connectivity index (χ1n) is 8.55. The lowest BCUT2D eigenvalue weighted by Crippen LogP contribution is -2.37. The Bertz CT molecular complexity index is 714. The SMILES string of the molecule is COc1cc2c(cc1OC)CC(NCC(O)c1ccc(O)cc1)CC2. The van der Waals surface area contributed by atoms with Crippen LogP contribution in [0.5, 0.6) is 17.2 Å². The van der Waals surface area contributed by atoms with E-state index < -0.39 is 6.10 Å². The molecule has 3 N–H and O–H groups in total. The molecule has 3 rings (SSSR count). The number of rotatable bonds is 6. The van der Waals surface area contributed by atoms with Gasteiger partial charge in [0.15, 0.2) is 11.5 Å². The Morgan fingerprint density at radius 2 is 1.72 bits per heavy atom. The molecule has 2 aromatic rings. The quantitative estimate of drug-likeness (QED) is 0.752. The van der Waals surface area contributed by atoms with E-state index >= 15 is 0 Å². The maximum atomic E-state index is 10.3. The lowest BCUT2D eigenvalue weighted by molar-refractivity contribution is 0.168. The zero-order valence-electron chi connectivity index (χ0n) is 14.7. The topological polar surface area (TPSA) is 71.0 Å². The van der Waals surface area contributed by atoms with Crippen LogP contribution in [0.2, 0.25) is 0 Å². The average molecular weight is 343 g/mol. The monoisotopic (exact) mass is 343 g/mol. The molecule has 0 spiro atoms. The summed E-state index contributed by atoms with van der Waals surface area (Å²) in [6.07, 6.45) is 2.30. The minimum Gasteiger partial charge on any atom is -0.508 e. The molecule has 2 unspecified atom stereocenters. The van der Waals surface area contributed by atoms with Gasteiger partial charge >= 0.3 is 0 Å². The van der Waals surface area contributed by atoms with Crippen molar-refractivity contribution in [2.45, 2.75) is 31.4 Å². The van der Waals surface area contributed by atoms with E-state index in [0.29, 0.717) is 12.6 Å². The lowest BCUT2D eigenvalue weighted by Gasteiger charge is -2.27. The van der Waals surface area contributed by atoms with Gasteiger partial charge in [-0.1, -0.05) is 12.1 Å². The van der Waals surface area contributed by atoms with E-state index in [1.807, 2.05) is 0 Å². The summed E-state index contributed by atoms with van der Waals surface area (Å²) in [7, 11) is 3.30. The molecule has 5 nitrogen and oxygen atoms in total. The highest BCUT2D eigenvalue weighted by Gasteiger charge is 2.21. The van der Waals surface area contributed by atoms with Gasteiger partial charge in [-0.15, -0.1) is 0 Å². The molecule has 0 aliphatic heterocycles. The maximum absolute atomic E-state index is 10.3. The van der Waals surface area contributed by atoms with Gasteiger partial charge in [-0.2, -0.15) is 0 Å². The second kappa shape index (κ2) is 7.76. The normalized spacial score (nSPS) is 17.6. The second-order valence-corrected chi connectivity index (χ2v) is 6.43. The van der Waals surface area contributed by atoms with Crippen molar-refractivity contribution in [3.63, 3.8) is 0 Å². The largest absolute Gasteiger partial charge is 0.508 e. The number of aromatic hydroxyl groups is 1. The molecule has 5 heteroatoms. The number of hydrogen-bond acceptors (Lipinski definition) is 5. The molecule has 2 atom stereocenters. The summed E-state index contributed by atoms with van der Waals surface area (Å²) in [6.45, 7) is 0.484. The van der Waals surface area contributed by atoms with Crippen molar-refractivity contribution in [3.8, 4) is 17.2 Å². The van der Waals surface area contributed by atoms with Crippen LogP contribution in [0.25, 0.3) is 0 Å². The molecule has 0 radical (unpaired) electrons. The van der Waals surface area contributed by atoms with Crippen molar-refractivity contribution >= 4 is 0 Å². The zero-order chi connectivity index (χ0) is 17.8. The first kappa shape index (κ1) is 17.6. The molecule has 134 valence electrons. The fraction of sp³-hybridized carbons (Fsp3) is 0.400. The predicted molar refractivity (Wildman–Crippen MR) is 96.4 cm³/mol. The van der Waals surface area contributed by atoms with E-state index in [0.717, 1.165) is 36.3 Å². The Hall–Kier alpha value is -2.24. The number of phenols is 1. The van der Waals surface area contributed by atoms with E-state index in [9.17, 15) is 10.2 Å². The molecular weight excluding hydrogens is 318 g/mol. The van der Waals surface area contributed by atoms with Crippen LogP contribution in [0.3, 0.4) is 0 Å². The summed E-state index contributed by atoms with van der Waals surface area (Å²) in [4.78, 5) is 0. The summed E-state index contributed by atoms with van der Waals surface area (Å²) in [5.74, 6) is 1.73. The molecule has 0 heterocycles. The smallest absolute Gasteiger partial charge is 0.161 e. The number of ether oxygens (including phenoxy) is 2. The average Bonchev–Trinajstić information content (AvgIpc) is 2.65. The predicted octanol–water partition coefficient (Wildman–Crippen LogP) is 2.59. The van der Waals surface area contributed by atoms with Crippen LogP contribution in [0, 0.1) is 0 Å². The minimum atomic E-state index is -0.590. The summed E-state index contributed by atoms with van der Waals surface area (Å²) < 4.78 is 10.8. The number of aryl methyl sites for hydroxylation is 1. The number of aliphatic hydroxyl groups excluding tert-OH is 1. The van der Waals surface area contributed by atoms with Crippen LogP contribution in [0.15, 0.2) is 36.4 Å². The summed E-state index contributed by atoms with van der Waals surface area (Å²) in [5.41, 5.74) is 3.36. The fourth-order valence-electron chi connectivity index (χ4n) is 3.35. The van der Waals surface area contributed by atoms with Crippen molar-refractivity contribution in [1.82, 2.24) is 5.32 Å². The molecule has 1 aliphatic rings. The molecule has 0 saturated carbocycles. The molecule has 0 fully saturated rings. The van der Waals surface area contributed by atoms with Crippen LogP contribution in [0.1, 0.15) is 29.2 Å². The van der Waals surface area contributed by atoms with Gasteiger partial charge in [-0.3, -0.25) is 0 Å². The zero-order valence-corrected chi connectivity index (χ0v) is 14.7. The number of benzene rings is 2. The van der Waals surface area contributed by atoms with E-state index in [1.54, 1.807) is 38.5 Å². The maximum Gasteiger partial charge on any atom is 0.161 e. The first-order chi connectivity index (χ1) is 12.1. The number of aliphatic hydroxyl groups is 1.